The van der Waals surface area contributed by atoms with Gasteiger partial charge in [-0.1, -0.05) is 17.3 Å². The number of aromatic nitrogens is 1. The van der Waals surface area contributed by atoms with E-state index in [2.05, 4.69) is 5.16 Å². The molecule has 0 aliphatic carbocycles. The van der Waals surface area contributed by atoms with Gasteiger partial charge in [0.15, 0.2) is 6.61 Å². The predicted octanol–water partition coefficient (Wildman–Crippen LogP) is 3.42. The minimum atomic E-state index is -0.00481. The number of amides is 1. The number of hydrogen-bond donors (Lipinski definition) is 0. The lowest BCUT2D eigenvalue weighted by molar-refractivity contribution is -0.137. The molecule has 2 heterocycles. The topological polar surface area (TPSA) is 55.6 Å². The molecule has 1 fully saturated rings. The first-order valence-corrected chi connectivity index (χ1v) is 8.05. The molecule has 0 bridgehead atoms. The van der Waals surface area contributed by atoms with E-state index in [-0.39, 0.29) is 18.6 Å². The Balaban J connectivity index is 1.66. The summed E-state index contributed by atoms with van der Waals surface area (Å²) >= 11 is 0. The molecule has 0 unspecified atom stereocenters. The van der Waals surface area contributed by atoms with Crippen molar-refractivity contribution in [2.45, 2.75) is 39.2 Å². The maximum atomic E-state index is 12.6. The van der Waals surface area contributed by atoms with E-state index >= 15 is 0 Å². The van der Waals surface area contributed by atoms with Crippen molar-refractivity contribution in [2.75, 3.05) is 13.2 Å². The van der Waals surface area contributed by atoms with Crippen molar-refractivity contribution in [3.63, 3.8) is 0 Å². The van der Waals surface area contributed by atoms with Crippen LogP contribution in [0.15, 0.2) is 34.9 Å². The first kappa shape index (κ1) is 15.6. The summed E-state index contributed by atoms with van der Waals surface area (Å²) in [4.78, 5) is 14.5. The molecule has 1 atom stereocenters. The third-order valence-corrected chi connectivity index (χ3v) is 4.16. The van der Waals surface area contributed by atoms with Crippen molar-refractivity contribution < 1.29 is 14.1 Å². The highest BCUT2D eigenvalue weighted by atomic mass is 16.5. The van der Waals surface area contributed by atoms with Crippen molar-refractivity contribution in [3.05, 3.63) is 47.3 Å². The number of likely N-dealkylation sites (tertiary alicyclic amines) is 1. The van der Waals surface area contributed by atoms with Crippen molar-refractivity contribution in [2.24, 2.45) is 0 Å². The quantitative estimate of drug-likeness (QED) is 0.867. The summed E-state index contributed by atoms with van der Waals surface area (Å²) in [6.45, 7) is 4.66. The van der Waals surface area contributed by atoms with E-state index in [1.165, 1.54) is 0 Å². The van der Waals surface area contributed by atoms with Gasteiger partial charge in [0.2, 0.25) is 0 Å². The van der Waals surface area contributed by atoms with E-state index in [0.717, 1.165) is 48.6 Å². The van der Waals surface area contributed by atoms with E-state index in [1.807, 2.05) is 49.1 Å². The summed E-state index contributed by atoms with van der Waals surface area (Å²) in [5.74, 6) is 1.50. The first-order chi connectivity index (χ1) is 11.1. The zero-order chi connectivity index (χ0) is 16.2. The van der Waals surface area contributed by atoms with Gasteiger partial charge in [0.25, 0.3) is 5.91 Å². The SMILES string of the molecule is Cc1cccc(OCC(=O)N2CCCC[C@@H]2c2cc(C)on2)c1. The van der Waals surface area contributed by atoms with Gasteiger partial charge >= 0.3 is 0 Å². The molecule has 1 aliphatic heterocycles. The fourth-order valence-corrected chi connectivity index (χ4v) is 3.01. The largest absolute Gasteiger partial charge is 0.484 e. The highest BCUT2D eigenvalue weighted by Crippen LogP contribution is 2.30. The van der Waals surface area contributed by atoms with Gasteiger partial charge in [-0.2, -0.15) is 0 Å². The van der Waals surface area contributed by atoms with Crippen molar-refractivity contribution in [3.8, 4) is 5.75 Å². The number of piperidine rings is 1. The number of hydrogen-bond acceptors (Lipinski definition) is 4. The van der Waals surface area contributed by atoms with E-state index in [9.17, 15) is 4.79 Å². The van der Waals surface area contributed by atoms with Gasteiger partial charge in [0, 0.05) is 12.6 Å². The minimum Gasteiger partial charge on any atom is -0.484 e. The summed E-state index contributed by atoms with van der Waals surface area (Å²) in [6.07, 6.45) is 3.03. The number of ether oxygens (including phenoxy) is 1. The van der Waals surface area contributed by atoms with E-state index < -0.39 is 0 Å². The molecule has 122 valence electrons. The molecular weight excluding hydrogens is 292 g/mol. The normalized spacial score (nSPS) is 18.0. The van der Waals surface area contributed by atoms with Crippen LogP contribution in [-0.2, 0) is 4.79 Å². The standard InChI is InChI=1S/C18H22N2O3/c1-13-6-5-7-15(10-13)22-12-18(21)20-9-4-3-8-17(20)16-11-14(2)23-19-16/h5-7,10-11,17H,3-4,8-9,12H2,1-2H3/t17-/m1/s1. The van der Waals surface area contributed by atoms with Crippen LogP contribution in [0.1, 0.15) is 42.3 Å². The smallest absolute Gasteiger partial charge is 0.261 e. The van der Waals surface area contributed by atoms with Crippen molar-refractivity contribution >= 4 is 5.91 Å². The minimum absolute atomic E-state index is 0.00291. The van der Waals surface area contributed by atoms with Crippen LogP contribution in [0.5, 0.6) is 5.75 Å². The summed E-state index contributed by atoms with van der Waals surface area (Å²) in [7, 11) is 0. The van der Waals surface area contributed by atoms with Crippen LogP contribution in [0, 0.1) is 13.8 Å². The lowest BCUT2D eigenvalue weighted by atomic mass is 9.99. The second-order valence-corrected chi connectivity index (χ2v) is 6.07. The van der Waals surface area contributed by atoms with E-state index in [0.29, 0.717) is 0 Å². The second kappa shape index (κ2) is 6.86. The van der Waals surface area contributed by atoms with E-state index in [1.54, 1.807) is 0 Å². The number of carbonyl (C=O) groups is 1. The third-order valence-electron chi connectivity index (χ3n) is 4.16. The first-order valence-electron chi connectivity index (χ1n) is 8.05. The Morgan fingerprint density at radius 1 is 1.35 bits per heavy atom. The Kier molecular flexibility index (Phi) is 4.65. The van der Waals surface area contributed by atoms with Crippen LogP contribution in [0.4, 0.5) is 0 Å². The molecule has 1 amide bonds. The molecule has 1 saturated heterocycles. The molecule has 1 aromatic carbocycles. The number of carbonyl (C=O) groups excluding carboxylic acids is 1. The third kappa shape index (κ3) is 3.73. The number of rotatable bonds is 4. The van der Waals surface area contributed by atoms with Gasteiger partial charge in [-0.25, -0.2) is 0 Å². The average molecular weight is 314 g/mol. The lowest BCUT2D eigenvalue weighted by Crippen LogP contribution is -2.41. The Bertz CT molecular complexity index is 680. The molecule has 3 rings (SSSR count). The molecular formula is C18H22N2O3. The highest BCUT2D eigenvalue weighted by molar-refractivity contribution is 5.78. The fraction of sp³-hybridized carbons (Fsp3) is 0.444. The fourth-order valence-electron chi connectivity index (χ4n) is 3.01. The molecule has 1 aromatic heterocycles. The van der Waals surface area contributed by atoms with Crippen LogP contribution >= 0.6 is 0 Å². The molecule has 5 heteroatoms. The van der Waals surface area contributed by atoms with Crippen LogP contribution in [-0.4, -0.2) is 29.1 Å². The number of nitrogens with zero attached hydrogens (tertiary/aromatic N) is 2. The van der Waals surface area contributed by atoms with Gasteiger partial charge in [0.05, 0.1) is 6.04 Å². The average Bonchev–Trinajstić information content (AvgIpc) is 2.99. The van der Waals surface area contributed by atoms with Gasteiger partial charge in [-0.15, -0.1) is 0 Å². The molecule has 0 N–H and O–H groups in total. The summed E-state index contributed by atoms with van der Waals surface area (Å²) < 4.78 is 10.8. The van der Waals surface area contributed by atoms with E-state index in [4.69, 9.17) is 9.26 Å². The Labute approximate surface area is 136 Å². The number of benzene rings is 1. The maximum absolute atomic E-state index is 12.6. The second-order valence-electron chi connectivity index (χ2n) is 6.07. The molecule has 0 radical (unpaired) electrons. The summed E-state index contributed by atoms with van der Waals surface area (Å²) in [5.41, 5.74) is 1.95. The van der Waals surface area contributed by atoms with Crippen molar-refractivity contribution in [1.29, 1.82) is 0 Å². The van der Waals surface area contributed by atoms with Gasteiger partial charge in [-0.3, -0.25) is 4.79 Å². The maximum Gasteiger partial charge on any atom is 0.261 e. The van der Waals surface area contributed by atoms with Crippen LogP contribution < -0.4 is 4.74 Å². The summed E-state index contributed by atoms with van der Waals surface area (Å²) in [6, 6.07) is 9.64. The Morgan fingerprint density at radius 3 is 2.96 bits per heavy atom. The van der Waals surface area contributed by atoms with Gasteiger partial charge in [-0.05, 0) is 50.8 Å². The van der Waals surface area contributed by atoms with Crippen LogP contribution in [0.3, 0.4) is 0 Å². The number of aryl methyl sites for hydroxylation is 2. The Morgan fingerprint density at radius 2 is 2.22 bits per heavy atom. The molecule has 2 aromatic rings. The molecule has 0 saturated carbocycles. The van der Waals surface area contributed by atoms with Gasteiger partial charge in [0.1, 0.15) is 17.2 Å². The zero-order valence-electron chi connectivity index (χ0n) is 13.6. The molecule has 1 aliphatic rings. The lowest BCUT2D eigenvalue weighted by Gasteiger charge is -2.34. The van der Waals surface area contributed by atoms with Crippen LogP contribution in [0.2, 0.25) is 0 Å². The molecule has 5 nitrogen and oxygen atoms in total. The Hall–Kier alpha value is -2.30. The molecule has 0 spiro atoms. The highest BCUT2D eigenvalue weighted by Gasteiger charge is 2.30. The monoisotopic (exact) mass is 314 g/mol. The predicted molar refractivity (Wildman–Crippen MR) is 86.2 cm³/mol. The molecule has 23 heavy (non-hydrogen) atoms. The van der Waals surface area contributed by atoms with Crippen LogP contribution in [0.25, 0.3) is 0 Å². The van der Waals surface area contributed by atoms with Crippen molar-refractivity contribution in [1.82, 2.24) is 10.1 Å². The summed E-state index contributed by atoms with van der Waals surface area (Å²) in [5, 5.41) is 4.09. The zero-order valence-corrected chi connectivity index (χ0v) is 13.6. The van der Waals surface area contributed by atoms with Gasteiger partial charge < -0.3 is 14.2 Å².